The lowest BCUT2D eigenvalue weighted by Gasteiger charge is -2.33. The van der Waals surface area contributed by atoms with E-state index in [9.17, 15) is 4.79 Å². The van der Waals surface area contributed by atoms with Gasteiger partial charge in [0, 0.05) is 49.8 Å². The number of rotatable bonds is 6. The normalized spacial score (nSPS) is 16.9. The van der Waals surface area contributed by atoms with Crippen LogP contribution in [-0.4, -0.2) is 82.7 Å². The zero-order valence-corrected chi connectivity index (χ0v) is 20.9. The number of likely N-dealkylation sites (N-methyl/N-ethyl adjacent to an activating group) is 1. The van der Waals surface area contributed by atoms with Crippen molar-refractivity contribution in [1.29, 1.82) is 0 Å². The number of morpholine rings is 1. The summed E-state index contributed by atoms with van der Waals surface area (Å²) in [4.78, 5) is 24.0. The summed E-state index contributed by atoms with van der Waals surface area (Å²) in [5, 5.41) is 5.50. The Labute approximate surface area is 204 Å². The number of carbonyl (C=O) groups excluding carboxylic acids is 1. The van der Waals surface area contributed by atoms with E-state index in [-0.39, 0.29) is 17.9 Å². The first kappa shape index (κ1) is 23.3. The van der Waals surface area contributed by atoms with E-state index in [1.165, 1.54) is 17.3 Å². The number of hydrogen-bond donors (Lipinski definition) is 1. The Morgan fingerprint density at radius 2 is 2.14 bits per heavy atom. The molecule has 1 aliphatic heterocycles. The van der Waals surface area contributed by atoms with E-state index in [4.69, 9.17) is 9.47 Å². The van der Waals surface area contributed by atoms with Gasteiger partial charge in [-0.15, -0.1) is 0 Å². The van der Waals surface area contributed by atoms with Crippen molar-refractivity contribution in [2.75, 3.05) is 47.4 Å². The van der Waals surface area contributed by atoms with Crippen LogP contribution in [0.15, 0.2) is 36.8 Å². The van der Waals surface area contributed by atoms with Gasteiger partial charge in [0.15, 0.2) is 11.4 Å². The topological polar surface area (TPSA) is 88.0 Å². The number of aromatic amines is 1. The van der Waals surface area contributed by atoms with Crippen LogP contribution in [0, 0.1) is 0 Å². The van der Waals surface area contributed by atoms with Crippen molar-refractivity contribution in [3.05, 3.63) is 47.9 Å². The molecule has 4 aromatic rings. The van der Waals surface area contributed by atoms with E-state index in [0.29, 0.717) is 31.1 Å². The molecule has 0 bridgehead atoms. The van der Waals surface area contributed by atoms with Crippen molar-refractivity contribution in [3.63, 3.8) is 0 Å². The minimum Gasteiger partial charge on any atom is -0.493 e. The molecule has 1 aromatic carbocycles. The van der Waals surface area contributed by atoms with Crippen molar-refractivity contribution in [2.24, 2.45) is 0 Å². The fraction of sp³-hybridized carbons (Fsp3) is 0.423. The van der Waals surface area contributed by atoms with Crippen LogP contribution in [0.5, 0.6) is 5.75 Å². The first-order valence-electron chi connectivity index (χ1n) is 11.9. The van der Waals surface area contributed by atoms with Crippen LogP contribution in [0.3, 0.4) is 0 Å². The van der Waals surface area contributed by atoms with Gasteiger partial charge in [-0.2, -0.15) is 5.10 Å². The number of benzene rings is 1. The van der Waals surface area contributed by atoms with Crippen LogP contribution < -0.4 is 4.74 Å². The molecule has 1 fully saturated rings. The van der Waals surface area contributed by atoms with Crippen LogP contribution >= 0.6 is 0 Å². The number of fused-ring (bicyclic) bond motifs is 2. The highest BCUT2D eigenvalue weighted by atomic mass is 16.5. The standard InChI is InChI=1S/C26H32N6O3/c1-16(2)24-19-10-17(22-13-31(8-9-35-22)14-23(33)30(3)4)6-7-20(19)29-25(24)18-11-21(34-5)26-27-15-28-32(26)12-18/h6-7,10-12,15-16,22,29H,8-9,13-14H2,1-5H3. The summed E-state index contributed by atoms with van der Waals surface area (Å²) in [6, 6.07) is 8.48. The minimum atomic E-state index is -0.0759. The third-order valence-electron chi connectivity index (χ3n) is 6.67. The summed E-state index contributed by atoms with van der Waals surface area (Å²) in [6.07, 6.45) is 3.43. The summed E-state index contributed by atoms with van der Waals surface area (Å²) in [5.41, 5.74) is 6.15. The lowest BCUT2D eigenvalue weighted by molar-refractivity contribution is -0.132. The maximum absolute atomic E-state index is 12.2. The van der Waals surface area contributed by atoms with Gasteiger partial charge < -0.3 is 19.4 Å². The van der Waals surface area contributed by atoms with Gasteiger partial charge in [-0.3, -0.25) is 9.69 Å². The molecule has 3 aromatic heterocycles. The van der Waals surface area contributed by atoms with Gasteiger partial charge in [0.1, 0.15) is 6.33 Å². The Morgan fingerprint density at radius 3 is 2.89 bits per heavy atom. The molecule has 1 amide bonds. The third kappa shape index (κ3) is 4.37. The summed E-state index contributed by atoms with van der Waals surface area (Å²) in [6.45, 7) is 6.88. The molecule has 0 saturated carbocycles. The van der Waals surface area contributed by atoms with Crippen LogP contribution in [0.4, 0.5) is 0 Å². The zero-order valence-electron chi connectivity index (χ0n) is 20.9. The van der Waals surface area contributed by atoms with E-state index >= 15 is 0 Å². The zero-order chi connectivity index (χ0) is 24.7. The summed E-state index contributed by atoms with van der Waals surface area (Å²) in [5.74, 6) is 1.07. The number of ether oxygens (including phenoxy) is 2. The number of H-pyrrole nitrogens is 1. The molecule has 1 aliphatic rings. The van der Waals surface area contributed by atoms with E-state index < -0.39 is 0 Å². The van der Waals surface area contributed by atoms with Crippen LogP contribution in [0.2, 0.25) is 0 Å². The number of carbonyl (C=O) groups is 1. The Hall–Kier alpha value is -3.43. The van der Waals surface area contributed by atoms with Gasteiger partial charge in [0.25, 0.3) is 0 Å². The van der Waals surface area contributed by atoms with Gasteiger partial charge in [-0.25, -0.2) is 9.50 Å². The van der Waals surface area contributed by atoms with Gasteiger partial charge in [0.2, 0.25) is 5.91 Å². The first-order chi connectivity index (χ1) is 16.9. The smallest absolute Gasteiger partial charge is 0.236 e. The number of nitrogens with zero attached hydrogens (tertiary/aromatic N) is 5. The maximum atomic E-state index is 12.2. The molecule has 9 nitrogen and oxygen atoms in total. The van der Waals surface area contributed by atoms with Crippen LogP contribution in [0.1, 0.15) is 37.0 Å². The Kier molecular flexibility index (Phi) is 6.21. The molecular formula is C26H32N6O3. The molecule has 1 atom stereocenters. The lowest BCUT2D eigenvalue weighted by Crippen LogP contribution is -2.43. The highest BCUT2D eigenvalue weighted by molar-refractivity contribution is 5.92. The summed E-state index contributed by atoms with van der Waals surface area (Å²) in [7, 11) is 5.23. The van der Waals surface area contributed by atoms with Gasteiger partial charge >= 0.3 is 0 Å². The largest absolute Gasteiger partial charge is 0.493 e. The van der Waals surface area contributed by atoms with E-state index in [1.807, 2.05) is 12.3 Å². The fourth-order valence-corrected chi connectivity index (χ4v) is 4.82. The number of aromatic nitrogens is 4. The first-order valence-corrected chi connectivity index (χ1v) is 11.9. The van der Waals surface area contributed by atoms with Gasteiger partial charge in [0.05, 0.1) is 32.1 Å². The Morgan fingerprint density at radius 1 is 1.31 bits per heavy atom. The summed E-state index contributed by atoms with van der Waals surface area (Å²) < 4.78 is 13.5. The number of hydrogen-bond acceptors (Lipinski definition) is 6. The highest BCUT2D eigenvalue weighted by Crippen LogP contribution is 2.38. The van der Waals surface area contributed by atoms with Crippen molar-refractivity contribution < 1.29 is 14.3 Å². The monoisotopic (exact) mass is 476 g/mol. The molecule has 0 spiro atoms. The highest BCUT2D eigenvalue weighted by Gasteiger charge is 2.25. The molecular weight excluding hydrogens is 444 g/mol. The average Bonchev–Trinajstić information content (AvgIpc) is 3.47. The molecule has 35 heavy (non-hydrogen) atoms. The second-order valence-corrected chi connectivity index (χ2v) is 9.58. The Balaban J connectivity index is 1.53. The van der Waals surface area contributed by atoms with Crippen molar-refractivity contribution in [3.8, 4) is 17.0 Å². The molecule has 0 radical (unpaired) electrons. The lowest BCUT2D eigenvalue weighted by atomic mass is 9.95. The van der Waals surface area contributed by atoms with Crippen molar-refractivity contribution >= 4 is 22.5 Å². The SMILES string of the molecule is COc1cc(-c2[nH]c3ccc(C4CN(CC(=O)N(C)C)CCO4)cc3c2C(C)C)cn2ncnc12. The number of amides is 1. The van der Waals surface area contributed by atoms with Crippen molar-refractivity contribution in [1.82, 2.24) is 29.4 Å². The summed E-state index contributed by atoms with van der Waals surface area (Å²) >= 11 is 0. The van der Waals surface area contributed by atoms with Gasteiger partial charge in [-0.1, -0.05) is 19.9 Å². The molecule has 1 unspecified atom stereocenters. The quantitative estimate of drug-likeness (QED) is 0.459. The number of nitrogens with one attached hydrogen (secondary N) is 1. The third-order valence-corrected chi connectivity index (χ3v) is 6.67. The Bertz CT molecular complexity index is 1370. The second-order valence-electron chi connectivity index (χ2n) is 9.58. The maximum Gasteiger partial charge on any atom is 0.236 e. The molecule has 5 rings (SSSR count). The molecule has 1 saturated heterocycles. The minimum absolute atomic E-state index is 0.0759. The number of methoxy groups -OCH3 is 1. The molecule has 0 aliphatic carbocycles. The average molecular weight is 477 g/mol. The van der Waals surface area contributed by atoms with E-state index in [2.05, 4.69) is 52.0 Å². The fourth-order valence-electron chi connectivity index (χ4n) is 4.82. The van der Waals surface area contributed by atoms with Gasteiger partial charge in [-0.05, 0) is 35.2 Å². The molecule has 9 heteroatoms. The van der Waals surface area contributed by atoms with Crippen LogP contribution in [0.25, 0.3) is 27.8 Å². The molecule has 1 N–H and O–H groups in total. The second kappa shape index (κ2) is 9.31. The van der Waals surface area contributed by atoms with Crippen LogP contribution in [-0.2, 0) is 9.53 Å². The van der Waals surface area contributed by atoms with E-state index in [1.54, 1.807) is 30.6 Å². The van der Waals surface area contributed by atoms with Crippen molar-refractivity contribution in [2.45, 2.75) is 25.9 Å². The molecule has 184 valence electrons. The molecule has 4 heterocycles. The predicted octanol–water partition coefficient (Wildman–Crippen LogP) is 3.47. The predicted molar refractivity (Wildman–Crippen MR) is 135 cm³/mol. The number of pyridine rings is 1. The van der Waals surface area contributed by atoms with E-state index in [0.717, 1.165) is 28.9 Å².